The molecule has 1 atom stereocenters. The lowest BCUT2D eigenvalue weighted by atomic mass is 9.98. The Morgan fingerprint density at radius 3 is 2.79 bits per heavy atom. The summed E-state index contributed by atoms with van der Waals surface area (Å²) in [5.74, 6) is -0.115. The van der Waals surface area contributed by atoms with Gasteiger partial charge in [-0.15, -0.1) is 0 Å². The average molecular weight is 563 g/mol. The smallest absolute Gasteiger partial charge is 0.335 e. The number of aromatic nitrogens is 3. The number of pyridine rings is 1. The molecule has 210 valence electrons. The molecule has 9 heteroatoms. The van der Waals surface area contributed by atoms with E-state index in [1.165, 1.54) is 17.2 Å². The van der Waals surface area contributed by atoms with Crippen molar-refractivity contribution in [2.75, 3.05) is 13.7 Å². The van der Waals surface area contributed by atoms with E-state index >= 15 is 0 Å². The summed E-state index contributed by atoms with van der Waals surface area (Å²) < 4.78 is 27.5. The van der Waals surface area contributed by atoms with Crippen molar-refractivity contribution in [2.24, 2.45) is 0 Å². The van der Waals surface area contributed by atoms with E-state index in [1.54, 1.807) is 43.5 Å². The number of imidazole rings is 1. The van der Waals surface area contributed by atoms with Gasteiger partial charge in [-0.2, -0.15) is 5.26 Å². The van der Waals surface area contributed by atoms with Crippen LogP contribution in [0, 0.1) is 17.1 Å². The number of nitriles is 1. The van der Waals surface area contributed by atoms with E-state index < -0.39 is 11.8 Å². The second-order valence-corrected chi connectivity index (χ2v) is 10.2. The van der Waals surface area contributed by atoms with Crippen molar-refractivity contribution in [1.82, 2.24) is 14.5 Å². The molecule has 42 heavy (non-hydrogen) atoms. The summed E-state index contributed by atoms with van der Waals surface area (Å²) >= 11 is 0. The first kappa shape index (κ1) is 27.1. The Bertz CT molecular complexity index is 1860. The number of methoxy groups -OCH3 is 1. The summed E-state index contributed by atoms with van der Waals surface area (Å²) in [6.07, 6.45) is 1.75. The number of carboxylic acids is 1. The number of aryl methyl sites for hydroxylation is 1. The fraction of sp³-hybridized carbons (Fsp3) is 0.212. The molecule has 1 aliphatic carbocycles. The van der Waals surface area contributed by atoms with Gasteiger partial charge in [-0.3, -0.25) is 0 Å². The predicted molar refractivity (Wildman–Crippen MR) is 154 cm³/mol. The van der Waals surface area contributed by atoms with Gasteiger partial charge in [-0.25, -0.2) is 19.2 Å². The number of fused-ring (bicyclic) bond motifs is 2. The minimum absolute atomic E-state index is 0.00209. The third kappa shape index (κ3) is 5.20. The van der Waals surface area contributed by atoms with Crippen molar-refractivity contribution in [3.05, 3.63) is 112 Å². The van der Waals surface area contributed by atoms with Crippen molar-refractivity contribution in [1.29, 1.82) is 5.26 Å². The Balaban J connectivity index is 1.26. The van der Waals surface area contributed by atoms with Crippen LogP contribution in [0.25, 0.3) is 22.3 Å². The summed E-state index contributed by atoms with van der Waals surface area (Å²) in [5.41, 5.74) is 6.47. The van der Waals surface area contributed by atoms with Gasteiger partial charge in [0.1, 0.15) is 18.2 Å². The third-order valence-electron chi connectivity index (χ3n) is 7.65. The fourth-order valence-electron chi connectivity index (χ4n) is 5.54. The number of aromatic carboxylic acids is 1. The van der Waals surface area contributed by atoms with E-state index in [9.17, 15) is 14.3 Å². The van der Waals surface area contributed by atoms with Gasteiger partial charge in [0.05, 0.1) is 40.5 Å². The highest BCUT2D eigenvalue weighted by molar-refractivity contribution is 5.92. The largest absolute Gasteiger partial charge is 0.478 e. The van der Waals surface area contributed by atoms with Crippen LogP contribution in [0.2, 0.25) is 0 Å². The standard InChI is InChI=1S/C33H27FN4O4/c1-41-14-13-38-30-17-23(33(39)40)9-12-29(30)37-32(38)26-11-7-21-16-22(8-10-25(21)26)28-3-2-4-31(36-28)42-19-24-6-5-20(18-35)15-27(24)34/h2-6,8-10,12,15-17,26H,7,11,13-14,19H2,1H3,(H,39,40)/t26-/m1/s1. The molecule has 0 aliphatic heterocycles. The lowest BCUT2D eigenvalue weighted by molar-refractivity contribution is 0.0697. The third-order valence-corrected chi connectivity index (χ3v) is 7.65. The highest BCUT2D eigenvalue weighted by atomic mass is 19.1. The molecular formula is C33H27FN4O4. The summed E-state index contributed by atoms with van der Waals surface area (Å²) in [6.45, 7) is 1.05. The summed E-state index contributed by atoms with van der Waals surface area (Å²) in [7, 11) is 1.65. The number of carboxylic acid groups (broad SMARTS) is 1. The van der Waals surface area contributed by atoms with Crippen molar-refractivity contribution in [2.45, 2.75) is 31.9 Å². The molecule has 8 nitrogen and oxygen atoms in total. The zero-order chi connectivity index (χ0) is 29.2. The molecule has 0 saturated carbocycles. The molecule has 0 fully saturated rings. The molecule has 0 bridgehead atoms. The quantitative estimate of drug-likeness (QED) is 0.231. The molecular weight excluding hydrogens is 535 g/mol. The molecule has 0 spiro atoms. The van der Waals surface area contributed by atoms with Crippen molar-refractivity contribution >= 4 is 17.0 Å². The van der Waals surface area contributed by atoms with Gasteiger partial charge in [-0.05, 0) is 66.4 Å². The van der Waals surface area contributed by atoms with Crippen molar-refractivity contribution < 1.29 is 23.8 Å². The second kappa shape index (κ2) is 11.4. The Morgan fingerprint density at radius 1 is 1.12 bits per heavy atom. The average Bonchev–Trinajstić information content (AvgIpc) is 3.59. The summed E-state index contributed by atoms with van der Waals surface area (Å²) in [4.78, 5) is 21.2. The first-order valence-corrected chi connectivity index (χ1v) is 13.6. The number of rotatable bonds is 9. The van der Waals surface area contributed by atoms with Crippen LogP contribution in [0.15, 0.2) is 72.8 Å². The molecule has 5 aromatic rings. The van der Waals surface area contributed by atoms with Gasteiger partial charge in [0.2, 0.25) is 5.88 Å². The van der Waals surface area contributed by atoms with E-state index in [0.717, 1.165) is 41.0 Å². The number of ether oxygens (including phenoxy) is 2. The van der Waals surface area contributed by atoms with Gasteiger partial charge in [0.15, 0.2) is 0 Å². The molecule has 0 radical (unpaired) electrons. The lowest BCUT2D eigenvalue weighted by Crippen LogP contribution is -2.12. The maximum absolute atomic E-state index is 14.3. The van der Waals surface area contributed by atoms with Crippen LogP contribution in [0.5, 0.6) is 5.88 Å². The van der Waals surface area contributed by atoms with Crippen molar-refractivity contribution in [3.8, 4) is 23.2 Å². The van der Waals surface area contributed by atoms with E-state index in [1.807, 2.05) is 24.3 Å². The highest BCUT2D eigenvalue weighted by Gasteiger charge is 2.29. The fourth-order valence-corrected chi connectivity index (χ4v) is 5.54. The topological polar surface area (TPSA) is 110 Å². The van der Waals surface area contributed by atoms with Crippen LogP contribution >= 0.6 is 0 Å². The monoisotopic (exact) mass is 562 g/mol. The van der Waals surface area contributed by atoms with Crippen LogP contribution < -0.4 is 4.74 Å². The van der Waals surface area contributed by atoms with Crippen LogP contribution in [-0.4, -0.2) is 39.3 Å². The first-order valence-electron chi connectivity index (χ1n) is 13.6. The van der Waals surface area contributed by atoms with E-state index in [0.29, 0.717) is 24.6 Å². The summed E-state index contributed by atoms with van der Waals surface area (Å²) in [6, 6.07) is 23.0. The first-order chi connectivity index (χ1) is 20.4. The maximum atomic E-state index is 14.3. The predicted octanol–water partition coefficient (Wildman–Crippen LogP) is 6.11. The minimum Gasteiger partial charge on any atom is -0.478 e. The van der Waals surface area contributed by atoms with Gasteiger partial charge in [-0.1, -0.05) is 24.3 Å². The lowest BCUT2D eigenvalue weighted by Gasteiger charge is -2.15. The molecule has 2 heterocycles. The number of hydrogen-bond donors (Lipinski definition) is 1. The number of nitrogens with zero attached hydrogens (tertiary/aromatic N) is 4. The van der Waals surface area contributed by atoms with E-state index in [-0.39, 0.29) is 23.7 Å². The molecule has 1 N–H and O–H groups in total. The molecule has 0 saturated heterocycles. The molecule has 2 aromatic heterocycles. The van der Waals surface area contributed by atoms with Gasteiger partial charge in [0.25, 0.3) is 0 Å². The number of halogens is 1. The van der Waals surface area contributed by atoms with Crippen LogP contribution in [0.3, 0.4) is 0 Å². The Kier molecular flexibility index (Phi) is 7.38. The zero-order valence-electron chi connectivity index (χ0n) is 22.9. The number of hydrogen-bond acceptors (Lipinski definition) is 6. The molecule has 6 rings (SSSR count). The van der Waals surface area contributed by atoms with Crippen LogP contribution in [-0.2, 0) is 24.3 Å². The molecule has 0 amide bonds. The number of benzene rings is 3. The Labute approximate surface area is 241 Å². The van der Waals surface area contributed by atoms with Gasteiger partial charge in [0, 0.05) is 36.8 Å². The Morgan fingerprint density at radius 2 is 2.00 bits per heavy atom. The maximum Gasteiger partial charge on any atom is 0.335 e. The normalized spacial score (nSPS) is 14.1. The van der Waals surface area contributed by atoms with Gasteiger partial charge < -0.3 is 19.1 Å². The number of carbonyl (C=O) groups is 1. The van der Waals surface area contributed by atoms with E-state index in [4.69, 9.17) is 19.7 Å². The van der Waals surface area contributed by atoms with Crippen LogP contribution in [0.1, 0.15) is 50.8 Å². The molecule has 3 aromatic carbocycles. The Hall–Kier alpha value is -5.07. The highest BCUT2D eigenvalue weighted by Crippen LogP contribution is 2.40. The summed E-state index contributed by atoms with van der Waals surface area (Å²) in [5, 5.41) is 18.5. The second-order valence-electron chi connectivity index (χ2n) is 10.2. The molecule has 1 aliphatic rings. The van der Waals surface area contributed by atoms with Gasteiger partial charge >= 0.3 is 5.97 Å². The minimum atomic E-state index is -0.971. The van der Waals surface area contributed by atoms with E-state index in [2.05, 4.69) is 21.7 Å². The van der Waals surface area contributed by atoms with Crippen molar-refractivity contribution in [3.63, 3.8) is 0 Å². The molecule has 0 unspecified atom stereocenters. The SMILES string of the molecule is COCCn1c([C@@H]2CCc3cc(-c4cccc(OCc5ccc(C#N)cc5F)n4)ccc32)nc2ccc(C(=O)O)cc21. The van der Waals surface area contributed by atoms with Crippen LogP contribution in [0.4, 0.5) is 4.39 Å². The zero-order valence-corrected chi connectivity index (χ0v) is 22.9.